The van der Waals surface area contributed by atoms with Gasteiger partial charge in [0.15, 0.2) is 0 Å². The lowest BCUT2D eigenvalue weighted by molar-refractivity contribution is -0.385. The van der Waals surface area contributed by atoms with E-state index < -0.39 is 10.8 Å². The van der Waals surface area contributed by atoms with E-state index in [0.717, 1.165) is 31.6 Å². The van der Waals surface area contributed by atoms with Crippen molar-refractivity contribution in [3.63, 3.8) is 0 Å². The number of piperidine rings is 1. The highest BCUT2D eigenvalue weighted by molar-refractivity contribution is 6.31. The summed E-state index contributed by atoms with van der Waals surface area (Å²) in [6.07, 6.45) is 3.39. The molecule has 1 fully saturated rings. The third-order valence-corrected chi connectivity index (χ3v) is 4.48. The summed E-state index contributed by atoms with van der Waals surface area (Å²) in [4.78, 5) is 25.4. The first-order valence-electron chi connectivity index (χ1n) is 8.15. The second-order valence-electron chi connectivity index (χ2n) is 5.94. The molecule has 0 saturated carbocycles. The first-order chi connectivity index (χ1) is 12.1. The minimum Gasteiger partial charge on any atom is -0.370 e. The fourth-order valence-electron chi connectivity index (χ4n) is 3.03. The number of carbonyl (C=O) groups is 1. The lowest BCUT2D eigenvalue weighted by atomic mass is 10.1. The van der Waals surface area contributed by atoms with Crippen molar-refractivity contribution in [2.24, 2.45) is 0 Å². The Balaban J connectivity index is 1.91. The van der Waals surface area contributed by atoms with Crippen LogP contribution in [0.4, 0.5) is 17.1 Å². The van der Waals surface area contributed by atoms with Gasteiger partial charge in [0.25, 0.3) is 11.6 Å². The predicted molar refractivity (Wildman–Crippen MR) is 98.6 cm³/mol. The second kappa shape index (κ2) is 7.53. The number of para-hydroxylation sites is 1. The summed E-state index contributed by atoms with van der Waals surface area (Å²) >= 11 is 6.09. The molecule has 2 aromatic carbocycles. The van der Waals surface area contributed by atoms with Crippen molar-refractivity contribution in [1.82, 2.24) is 0 Å². The lowest BCUT2D eigenvalue weighted by Crippen LogP contribution is -2.30. The summed E-state index contributed by atoms with van der Waals surface area (Å²) in [5.41, 5.74) is 1.26. The molecule has 6 nitrogen and oxygen atoms in total. The molecule has 0 radical (unpaired) electrons. The molecule has 1 aliphatic heterocycles. The van der Waals surface area contributed by atoms with Crippen LogP contribution in [0.25, 0.3) is 0 Å². The summed E-state index contributed by atoms with van der Waals surface area (Å²) < 4.78 is 0. The Bertz CT molecular complexity index is 804. The zero-order valence-electron chi connectivity index (χ0n) is 13.6. The van der Waals surface area contributed by atoms with E-state index in [4.69, 9.17) is 11.6 Å². The third kappa shape index (κ3) is 3.91. The number of carbonyl (C=O) groups excluding carboxylic acids is 1. The van der Waals surface area contributed by atoms with Crippen LogP contribution in [-0.4, -0.2) is 23.9 Å². The minimum absolute atomic E-state index is 0.0251. The standard InChI is InChI=1S/C18H18ClN3O3/c19-13-8-9-17(21-10-4-1-5-11-21)15(12-13)20-18(23)14-6-2-3-7-16(14)22(24)25/h2-3,6-9,12H,1,4-5,10-11H2,(H,20,23). The summed E-state index contributed by atoms with van der Waals surface area (Å²) in [6.45, 7) is 1.83. The number of hydrogen-bond donors (Lipinski definition) is 1. The Hall–Kier alpha value is -2.60. The van der Waals surface area contributed by atoms with Gasteiger partial charge in [0.05, 0.1) is 16.3 Å². The van der Waals surface area contributed by atoms with Crippen LogP contribution in [0.2, 0.25) is 5.02 Å². The number of nitrogens with zero attached hydrogens (tertiary/aromatic N) is 2. The fraction of sp³-hybridized carbons (Fsp3) is 0.278. The maximum absolute atomic E-state index is 12.6. The van der Waals surface area contributed by atoms with E-state index in [-0.39, 0.29) is 11.3 Å². The van der Waals surface area contributed by atoms with Gasteiger partial charge in [0.2, 0.25) is 0 Å². The van der Waals surface area contributed by atoms with E-state index in [1.165, 1.54) is 24.6 Å². The molecule has 25 heavy (non-hydrogen) atoms. The second-order valence-corrected chi connectivity index (χ2v) is 6.37. The van der Waals surface area contributed by atoms with E-state index in [2.05, 4.69) is 10.2 Å². The summed E-state index contributed by atoms with van der Waals surface area (Å²) in [6, 6.07) is 11.2. The molecule has 0 unspecified atom stereocenters. The maximum atomic E-state index is 12.6. The average molecular weight is 360 g/mol. The Morgan fingerprint density at radius 2 is 1.84 bits per heavy atom. The van der Waals surface area contributed by atoms with Gasteiger partial charge in [-0.3, -0.25) is 14.9 Å². The largest absolute Gasteiger partial charge is 0.370 e. The van der Waals surface area contributed by atoms with E-state index in [1.807, 2.05) is 6.07 Å². The molecule has 3 rings (SSSR count). The molecule has 1 amide bonds. The van der Waals surface area contributed by atoms with Crippen molar-refractivity contribution in [3.8, 4) is 0 Å². The van der Waals surface area contributed by atoms with Crippen LogP contribution in [0, 0.1) is 10.1 Å². The predicted octanol–water partition coefficient (Wildman–Crippen LogP) is 4.49. The quantitative estimate of drug-likeness (QED) is 0.644. The van der Waals surface area contributed by atoms with Gasteiger partial charge < -0.3 is 10.2 Å². The van der Waals surface area contributed by atoms with Gasteiger partial charge in [-0.25, -0.2) is 0 Å². The monoisotopic (exact) mass is 359 g/mol. The molecule has 0 aromatic heterocycles. The number of anilines is 2. The van der Waals surface area contributed by atoms with Gasteiger partial charge in [-0.05, 0) is 43.5 Å². The number of nitro groups is 1. The van der Waals surface area contributed by atoms with Gasteiger partial charge in [0, 0.05) is 24.2 Å². The van der Waals surface area contributed by atoms with Crippen molar-refractivity contribution >= 4 is 34.6 Å². The van der Waals surface area contributed by atoms with Crippen molar-refractivity contribution in [2.45, 2.75) is 19.3 Å². The topological polar surface area (TPSA) is 75.5 Å². The number of hydrogen-bond acceptors (Lipinski definition) is 4. The molecule has 0 spiro atoms. The molecular formula is C18H18ClN3O3. The van der Waals surface area contributed by atoms with Crippen molar-refractivity contribution < 1.29 is 9.72 Å². The average Bonchev–Trinajstić information content (AvgIpc) is 2.62. The highest BCUT2D eigenvalue weighted by atomic mass is 35.5. The molecule has 2 aromatic rings. The molecule has 130 valence electrons. The summed E-state index contributed by atoms with van der Waals surface area (Å²) in [5.74, 6) is -0.521. The van der Waals surface area contributed by atoms with Crippen molar-refractivity contribution in [3.05, 3.63) is 63.2 Å². The van der Waals surface area contributed by atoms with E-state index in [9.17, 15) is 14.9 Å². The maximum Gasteiger partial charge on any atom is 0.282 e. The Morgan fingerprint density at radius 1 is 1.12 bits per heavy atom. The molecule has 0 atom stereocenters. The van der Waals surface area contributed by atoms with Crippen LogP contribution in [0.1, 0.15) is 29.6 Å². The zero-order valence-corrected chi connectivity index (χ0v) is 14.3. The molecule has 1 N–H and O–H groups in total. The Labute approximate surface area is 150 Å². The summed E-state index contributed by atoms with van der Waals surface area (Å²) in [7, 11) is 0. The van der Waals surface area contributed by atoms with E-state index in [0.29, 0.717) is 10.7 Å². The summed E-state index contributed by atoms with van der Waals surface area (Å²) in [5, 5.41) is 14.4. The minimum atomic E-state index is -0.557. The first kappa shape index (κ1) is 17.2. The number of rotatable bonds is 4. The molecule has 7 heteroatoms. The zero-order chi connectivity index (χ0) is 17.8. The van der Waals surface area contributed by atoms with Crippen LogP contribution in [0.3, 0.4) is 0 Å². The fourth-order valence-corrected chi connectivity index (χ4v) is 3.21. The van der Waals surface area contributed by atoms with Crippen LogP contribution in [0.15, 0.2) is 42.5 Å². The Morgan fingerprint density at radius 3 is 2.56 bits per heavy atom. The molecular weight excluding hydrogens is 342 g/mol. The first-order valence-corrected chi connectivity index (χ1v) is 8.53. The number of halogens is 1. The van der Waals surface area contributed by atoms with Crippen molar-refractivity contribution in [1.29, 1.82) is 0 Å². The molecule has 1 saturated heterocycles. The smallest absolute Gasteiger partial charge is 0.282 e. The lowest BCUT2D eigenvalue weighted by Gasteiger charge is -2.30. The van der Waals surface area contributed by atoms with Crippen LogP contribution in [0.5, 0.6) is 0 Å². The van der Waals surface area contributed by atoms with E-state index >= 15 is 0 Å². The number of nitro benzene ring substituents is 1. The molecule has 1 heterocycles. The number of benzene rings is 2. The number of nitrogens with one attached hydrogen (secondary N) is 1. The van der Waals surface area contributed by atoms with Gasteiger partial charge in [-0.1, -0.05) is 23.7 Å². The Kier molecular flexibility index (Phi) is 5.19. The molecule has 0 aliphatic carbocycles. The third-order valence-electron chi connectivity index (χ3n) is 4.25. The van der Waals surface area contributed by atoms with Gasteiger partial charge >= 0.3 is 0 Å². The molecule has 0 bridgehead atoms. The van der Waals surface area contributed by atoms with E-state index in [1.54, 1.807) is 18.2 Å². The van der Waals surface area contributed by atoms with Crippen molar-refractivity contribution in [2.75, 3.05) is 23.3 Å². The normalized spacial score (nSPS) is 14.2. The van der Waals surface area contributed by atoms with Gasteiger partial charge in [-0.2, -0.15) is 0 Å². The van der Waals surface area contributed by atoms with Gasteiger partial charge in [0.1, 0.15) is 5.56 Å². The van der Waals surface area contributed by atoms with Gasteiger partial charge in [-0.15, -0.1) is 0 Å². The van der Waals surface area contributed by atoms with Crippen LogP contribution >= 0.6 is 11.6 Å². The highest BCUT2D eigenvalue weighted by Crippen LogP contribution is 2.32. The molecule has 1 aliphatic rings. The SMILES string of the molecule is O=C(Nc1cc(Cl)ccc1N1CCCCC1)c1ccccc1[N+](=O)[O-]. The van der Waals surface area contributed by atoms with Crippen LogP contribution < -0.4 is 10.2 Å². The number of amides is 1. The highest BCUT2D eigenvalue weighted by Gasteiger charge is 2.21. The van der Waals surface area contributed by atoms with Crippen LogP contribution in [-0.2, 0) is 0 Å².